The molecule has 84 valence electrons. The molecule has 0 aliphatic rings. The summed E-state index contributed by atoms with van der Waals surface area (Å²) in [5.41, 5.74) is 5.44. The van der Waals surface area contributed by atoms with Crippen LogP contribution in [0.15, 0.2) is 0 Å². The highest BCUT2D eigenvalue weighted by atomic mass is 16.4. The van der Waals surface area contributed by atoms with Crippen molar-refractivity contribution < 1.29 is 9.90 Å². The number of hydrogen-bond donors (Lipinski definition) is 2. The van der Waals surface area contributed by atoms with Gasteiger partial charge in [-0.1, -0.05) is 0 Å². The summed E-state index contributed by atoms with van der Waals surface area (Å²) in [6.07, 6.45) is 0.506. The third kappa shape index (κ3) is 4.58. The van der Waals surface area contributed by atoms with Crippen molar-refractivity contribution in [2.45, 2.75) is 52.2 Å². The van der Waals surface area contributed by atoms with Gasteiger partial charge in [0.25, 0.3) is 0 Å². The van der Waals surface area contributed by atoms with Gasteiger partial charge in [-0.15, -0.1) is 0 Å². The van der Waals surface area contributed by atoms with Crippen molar-refractivity contribution in [3.63, 3.8) is 0 Å². The molecule has 3 N–H and O–H groups in total. The maximum Gasteiger partial charge on any atom is 0.320 e. The smallest absolute Gasteiger partial charge is 0.320 e. The largest absolute Gasteiger partial charge is 0.480 e. The first-order valence-corrected chi connectivity index (χ1v) is 5.10. The van der Waals surface area contributed by atoms with Crippen LogP contribution < -0.4 is 5.73 Å². The fourth-order valence-corrected chi connectivity index (χ4v) is 1.52. The zero-order valence-corrected chi connectivity index (χ0v) is 9.53. The van der Waals surface area contributed by atoms with Gasteiger partial charge in [-0.25, -0.2) is 0 Å². The summed E-state index contributed by atoms with van der Waals surface area (Å²) < 4.78 is 0. The van der Waals surface area contributed by atoms with Crippen molar-refractivity contribution in [3.05, 3.63) is 0 Å². The lowest BCUT2D eigenvalue weighted by atomic mass is 10.1. The minimum absolute atomic E-state index is 0.427. The van der Waals surface area contributed by atoms with E-state index in [1.165, 1.54) is 0 Å². The van der Waals surface area contributed by atoms with E-state index in [0.717, 1.165) is 6.54 Å². The number of nitrogens with two attached hydrogens (primary N) is 1. The first-order chi connectivity index (χ1) is 6.36. The van der Waals surface area contributed by atoms with Crippen LogP contribution in [0.25, 0.3) is 0 Å². The third-order valence-electron chi connectivity index (χ3n) is 2.34. The van der Waals surface area contributed by atoms with Gasteiger partial charge in [0.15, 0.2) is 0 Å². The maximum absolute atomic E-state index is 10.5. The predicted octanol–water partition coefficient (Wildman–Crippen LogP) is 0.907. The average molecular weight is 202 g/mol. The van der Waals surface area contributed by atoms with Crippen molar-refractivity contribution in [1.82, 2.24) is 4.90 Å². The van der Waals surface area contributed by atoms with Crippen LogP contribution in [0.1, 0.15) is 34.1 Å². The van der Waals surface area contributed by atoms with E-state index in [0.29, 0.717) is 18.5 Å². The topological polar surface area (TPSA) is 66.6 Å². The Kier molecular flexibility index (Phi) is 5.72. The molecule has 0 spiro atoms. The van der Waals surface area contributed by atoms with E-state index in [-0.39, 0.29) is 0 Å². The standard InChI is InChI=1S/C10H22N2O2/c1-7(2)12(8(3)4)6-5-9(11)10(13)14/h7-9H,5-6,11H2,1-4H3,(H,13,14)/t9-/m1/s1. The van der Waals surface area contributed by atoms with Crippen molar-refractivity contribution in [2.75, 3.05) is 6.54 Å². The highest BCUT2D eigenvalue weighted by Gasteiger charge is 2.17. The zero-order valence-electron chi connectivity index (χ0n) is 9.53. The highest BCUT2D eigenvalue weighted by Crippen LogP contribution is 2.06. The molecule has 0 saturated carbocycles. The third-order valence-corrected chi connectivity index (χ3v) is 2.34. The summed E-state index contributed by atoms with van der Waals surface area (Å²) in [4.78, 5) is 12.7. The van der Waals surface area contributed by atoms with Crippen molar-refractivity contribution in [3.8, 4) is 0 Å². The van der Waals surface area contributed by atoms with Gasteiger partial charge in [0.2, 0.25) is 0 Å². The first kappa shape index (κ1) is 13.4. The van der Waals surface area contributed by atoms with E-state index in [1.807, 2.05) is 0 Å². The van der Waals surface area contributed by atoms with Crippen LogP contribution in [0.2, 0.25) is 0 Å². The Morgan fingerprint density at radius 3 is 2.00 bits per heavy atom. The SMILES string of the molecule is CC(C)N(CC[C@@H](N)C(=O)O)C(C)C. The highest BCUT2D eigenvalue weighted by molar-refractivity contribution is 5.72. The summed E-state index contributed by atoms with van der Waals surface area (Å²) in [5, 5.41) is 8.63. The van der Waals surface area contributed by atoms with Crippen molar-refractivity contribution >= 4 is 5.97 Å². The lowest BCUT2D eigenvalue weighted by Crippen LogP contribution is -2.41. The Labute approximate surface area is 86.1 Å². The van der Waals surface area contributed by atoms with Crippen LogP contribution in [0.4, 0.5) is 0 Å². The van der Waals surface area contributed by atoms with Crippen LogP contribution in [0.5, 0.6) is 0 Å². The normalized spacial score (nSPS) is 14.0. The Morgan fingerprint density at radius 1 is 1.29 bits per heavy atom. The summed E-state index contributed by atoms with van der Waals surface area (Å²) in [6, 6.07) is 0.113. The summed E-state index contributed by atoms with van der Waals surface area (Å²) in [6.45, 7) is 9.15. The summed E-state index contributed by atoms with van der Waals surface area (Å²) in [7, 11) is 0. The van der Waals surface area contributed by atoms with Crippen LogP contribution in [0, 0.1) is 0 Å². The van der Waals surface area contributed by atoms with E-state index in [1.54, 1.807) is 0 Å². The van der Waals surface area contributed by atoms with Crippen LogP contribution in [-0.2, 0) is 4.79 Å². The van der Waals surface area contributed by atoms with Gasteiger partial charge < -0.3 is 10.8 Å². The molecule has 4 heteroatoms. The molecule has 0 rings (SSSR count). The lowest BCUT2D eigenvalue weighted by Gasteiger charge is -2.30. The van der Waals surface area contributed by atoms with E-state index in [4.69, 9.17) is 10.8 Å². The molecule has 4 nitrogen and oxygen atoms in total. The minimum atomic E-state index is -0.919. The number of carboxylic acids is 1. The zero-order chi connectivity index (χ0) is 11.3. The van der Waals surface area contributed by atoms with Crippen molar-refractivity contribution in [1.29, 1.82) is 0 Å². The van der Waals surface area contributed by atoms with E-state index in [2.05, 4.69) is 32.6 Å². The second-order valence-electron chi connectivity index (χ2n) is 4.16. The fraction of sp³-hybridized carbons (Fsp3) is 0.900. The molecule has 0 unspecified atom stereocenters. The van der Waals surface area contributed by atoms with Crippen LogP contribution in [-0.4, -0.2) is 40.6 Å². The molecule has 0 fully saturated rings. The summed E-state index contributed by atoms with van der Waals surface area (Å²) in [5.74, 6) is -0.919. The Hall–Kier alpha value is -0.610. The molecular formula is C10H22N2O2. The molecule has 0 saturated heterocycles. The number of rotatable bonds is 6. The molecule has 0 aliphatic carbocycles. The number of carbonyl (C=O) groups is 1. The monoisotopic (exact) mass is 202 g/mol. The molecule has 0 aromatic rings. The van der Waals surface area contributed by atoms with Gasteiger partial charge in [-0.05, 0) is 34.1 Å². The summed E-state index contributed by atoms with van der Waals surface area (Å²) >= 11 is 0. The molecule has 0 heterocycles. The molecular weight excluding hydrogens is 180 g/mol. The average Bonchev–Trinajstić information content (AvgIpc) is 2.02. The second-order valence-corrected chi connectivity index (χ2v) is 4.16. The molecule has 0 aromatic heterocycles. The lowest BCUT2D eigenvalue weighted by molar-refractivity contribution is -0.138. The van der Waals surface area contributed by atoms with Gasteiger partial charge in [0.05, 0.1) is 0 Å². The van der Waals surface area contributed by atoms with Gasteiger partial charge in [-0.2, -0.15) is 0 Å². The van der Waals surface area contributed by atoms with Gasteiger partial charge in [0.1, 0.15) is 6.04 Å². The minimum Gasteiger partial charge on any atom is -0.480 e. The molecule has 14 heavy (non-hydrogen) atoms. The number of carboxylic acid groups (broad SMARTS) is 1. The molecule has 0 amide bonds. The van der Waals surface area contributed by atoms with Crippen LogP contribution in [0.3, 0.4) is 0 Å². The Bertz CT molecular complexity index is 173. The van der Waals surface area contributed by atoms with Crippen molar-refractivity contribution in [2.24, 2.45) is 5.73 Å². The molecule has 0 aromatic carbocycles. The molecule has 1 atom stereocenters. The molecule has 0 bridgehead atoms. The quantitative estimate of drug-likeness (QED) is 0.672. The Morgan fingerprint density at radius 2 is 1.71 bits per heavy atom. The van der Waals surface area contributed by atoms with Gasteiger partial charge in [0, 0.05) is 18.6 Å². The van der Waals surface area contributed by atoms with Crippen LogP contribution >= 0.6 is 0 Å². The number of hydrogen-bond acceptors (Lipinski definition) is 3. The molecule has 0 aliphatic heterocycles. The first-order valence-electron chi connectivity index (χ1n) is 5.10. The predicted molar refractivity (Wildman–Crippen MR) is 57.2 cm³/mol. The molecule has 0 radical (unpaired) electrons. The van der Waals surface area contributed by atoms with Gasteiger partial charge in [-0.3, -0.25) is 9.69 Å². The maximum atomic E-state index is 10.5. The number of nitrogens with zero attached hydrogens (tertiary/aromatic N) is 1. The second kappa shape index (κ2) is 5.98. The van der Waals surface area contributed by atoms with Gasteiger partial charge >= 0.3 is 5.97 Å². The van der Waals surface area contributed by atoms with E-state index < -0.39 is 12.0 Å². The number of aliphatic carboxylic acids is 1. The fourth-order valence-electron chi connectivity index (χ4n) is 1.52. The van der Waals surface area contributed by atoms with E-state index >= 15 is 0 Å². The Balaban J connectivity index is 4.00. The van der Waals surface area contributed by atoms with E-state index in [9.17, 15) is 4.79 Å².